The van der Waals surface area contributed by atoms with Gasteiger partial charge in [-0.25, -0.2) is 9.37 Å². The number of rotatable bonds is 2. The molecule has 0 radical (unpaired) electrons. The molecule has 3 rings (SSSR count). The van der Waals surface area contributed by atoms with Gasteiger partial charge in [0.2, 0.25) is 5.95 Å². The summed E-state index contributed by atoms with van der Waals surface area (Å²) >= 11 is 0. The van der Waals surface area contributed by atoms with Crippen molar-refractivity contribution in [2.45, 2.75) is 13.5 Å². The summed E-state index contributed by atoms with van der Waals surface area (Å²) in [4.78, 5) is 4.18. The molecule has 0 aliphatic carbocycles. The van der Waals surface area contributed by atoms with Gasteiger partial charge in [-0.15, -0.1) is 0 Å². The first-order chi connectivity index (χ1) is 9.04. The Labute approximate surface area is 109 Å². The lowest BCUT2D eigenvalue weighted by molar-refractivity contribution is 0.620. The molecule has 0 aliphatic rings. The first-order valence-electron chi connectivity index (χ1n) is 5.95. The maximum absolute atomic E-state index is 13.5. The summed E-state index contributed by atoms with van der Waals surface area (Å²) in [5.41, 5.74) is 8.75. The van der Waals surface area contributed by atoms with E-state index in [4.69, 9.17) is 5.73 Å². The number of imidazole rings is 1. The Bertz CT molecular complexity index is 756. The molecule has 3 aromatic rings. The van der Waals surface area contributed by atoms with Crippen LogP contribution in [0.25, 0.3) is 11.0 Å². The maximum Gasteiger partial charge on any atom is 0.201 e. The van der Waals surface area contributed by atoms with Crippen molar-refractivity contribution in [2.75, 3.05) is 5.73 Å². The standard InChI is InChI=1S/C13H14FN5/c1-8-5-12-11(6-10(8)14)16-13(15)19(12)7-9-3-4-18(2)17-9/h3-6H,7H2,1-2H3,(H2,15,16). The second kappa shape index (κ2) is 4.08. The van der Waals surface area contributed by atoms with Crippen LogP contribution in [0.5, 0.6) is 0 Å². The van der Waals surface area contributed by atoms with Gasteiger partial charge in [-0.3, -0.25) is 4.68 Å². The normalized spacial score (nSPS) is 11.3. The number of nitrogen functional groups attached to an aromatic ring is 1. The summed E-state index contributed by atoms with van der Waals surface area (Å²) in [6, 6.07) is 5.09. The maximum atomic E-state index is 13.5. The van der Waals surface area contributed by atoms with E-state index in [9.17, 15) is 4.39 Å². The largest absolute Gasteiger partial charge is 0.369 e. The van der Waals surface area contributed by atoms with Gasteiger partial charge in [-0.1, -0.05) is 0 Å². The zero-order chi connectivity index (χ0) is 13.6. The number of nitrogens with zero attached hydrogens (tertiary/aromatic N) is 4. The Morgan fingerprint density at radius 3 is 2.84 bits per heavy atom. The number of nitrogens with two attached hydrogens (primary N) is 1. The average molecular weight is 259 g/mol. The minimum Gasteiger partial charge on any atom is -0.369 e. The smallest absolute Gasteiger partial charge is 0.201 e. The van der Waals surface area contributed by atoms with Gasteiger partial charge in [0.1, 0.15) is 5.82 Å². The van der Waals surface area contributed by atoms with Crippen LogP contribution >= 0.6 is 0 Å². The fraction of sp³-hybridized carbons (Fsp3) is 0.231. The van der Waals surface area contributed by atoms with Crippen molar-refractivity contribution in [3.63, 3.8) is 0 Å². The van der Waals surface area contributed by atoms with Crippen molar-refractivity contribution >= 4 is 17.0 Å². The van der Waals surface area contributed by atoms with Gasteiger partial charge in [-0.05, 0) is 24.6 Å². The highest BCUT2D eigenvalue weighted by molar-refractivity contribution is 5.79. The highest BCUT2D eigenvalue weighted by Crippen LogP contribution is 2.22. The molecule has 0 spiro atoms. The molecule has 2 aromatic heterocycles. The Morgan fingerprint density at radius 1 is 1.37 bits per heavy atom. The Balaban J connectivity index is 2.12. The highest BCUT2D eigenvalue weighted by atomic mass is 19.1. The van der Waals surface area contributed by atoms with Gasteiger partial charge in [0, 0.05) is 19.3 Å². The van der Waals surface area contributed by atoms with E-state index >= 15 is 0 Å². The third-order valence-corrected chi connectivity index (χ3v) is 3.15. The van der Waals surface area contributed by atoms with Crippen LogP contribution in [-0.2, 0) is 13.6 Å². The van der Waals surface area contributed by atoms with Gasteiger partial charge in [-0.2, -0.15) is 5.10 Å². The summed E-state index contributed by atoms with van der Waals surface area (Å²) < 4.78 is 17.1. The van der Waals surface area contributed by atoms with Crippen molar-refractivity contribution in [3.8, 4) is 0 Å². The lowest BCUT2D eigenvalue weighted by Crippen LogP contribution is -2.05. The Hall–Kier alpha value is -2.37. The summed E-state index contributed by atoms with van der Waals surface area (Å²) in [6.07, 6.45) is 1.87. The van der Waals surface area contributed by atoms with E-state index in [0.717, 1.165) is 11.2 Å². The molecule has 98 valence electrons. The monoisotopic (exact) mass is 259 g/mol. The molecule has 1 aromatic carbocycles. The molecule has 6 heteroatoms. The Morgan fingerprint density at radius 2 is 2.16 bits per heavy atom. The quantitative estimate of drug-likeness (QED) is 0.764. The van der Waals surface area contributed by atoms with Gasteiger partial charge in [0.15, 0.2) is 0 Å². The molecule has 0 amide bonds. The SMILES string of the molecule is Cc1cc2c(cc1F)nc(N)n2Cc1ccn(C)n1. The van der Waals surface area contributed by atoms with Crippen LogP contribution in [0.15, 0.2) is 24.4 Å². The Kier molecular flexibility index (Phi) is 2.51. The van der Waals surface area contributed by atoms with Crippen LogP contribution < -0.4 is 5.73 Å². The second-order valence-corrected chi connectivity index (χ2v) is 4.63. The minimum absolute atomic E-state index is 0.269. The van der Waals surface area contributed by atoms with Gasteiger partial charge >= 0.3 is 0 Å². The van der Waals surface area contributed by atoms with Crippen LogP contribution in [0.4, 0.5) is 10.3 Å². The number of benzene rings is 1. The van der Waals surface area contributed by atoms with Crippen LogP contribution in [-0.4, -0.2) is 19.3 Å². The van der Waals surface area contributed by atoms with Crippen molar-refractivity contribution in [1.29, 1.82) is 0 Å². The molecule has 0 aliphatic heterocycles. The number of hydrogen-bond acceptors (Lipinski definition) is 3. The third-order valence-electron chi connectivity index (χ3n) is 3.15. The zero-order valence-electron chi connectivity index (χ0n) is 10.8. The van der Waals surface area contributed by atoms with Gasteiger partial charge in [0.05, 0.1) is 23.3 Å². The number of aryl methyl sites for hydroxylation is 2. The number of hydrogen-bond donors (Lipinski definition) is 1. The van der Waals surface area contributed by atoms with E-state index in [1.54, 1.807) is 17.7 Å². The van der Waals surface area contributed by atoms with Crippen molar-refractivity contribution in [2.24, 2.45) is 7.05 Å². The molecular formula is C13H14FN5. The second-order valence-electron chi connectivity index (χ2n) is 4.63. The lowest BCUT2D eigenvalue weighted by atomic mass is 10.2. The fourth-order valence-corrected chi connectivity index (χ4v) is 2.14. The van der Waals surface area contributed by atoms with Crippen molar-refractivity contribution in [3.05, 3.63) is 41.5 Å². The predicted molar refractivity (Wildman–Crippen MR) is 71.2 cm³/mol. The molecule has 2 heterocycles. The fourth-order valence-electron chi connectivity index (χ4n) is 2.14. The summed E-state index contributed by atoms with van der Waals surface area (Å²) in [5.74, 6) is 0.0978. The van der Waals surface area contributed by atoms with E-state index in [0.29, 0.717) is 23.6 Å². The minimum atomic E-state index is -0.269. The third kappa shape index (κ3) is 1.95. The topological polar surface area (TPSA) is 61.7 Å². The number of aromatic nitrogens is 4. The molecule has 0 saturated heterocycles. The molecule has 0 fully saturated rings. The van der Waals surface area contributed by atoms with Gasteiger partial charge in [0.25, 0.3) is 0 Å². The van der Waals surface area contributed by atoms with Crippen LogP contribution in [0, 0.1) is 12.7 Å². The summed E-state index contributed by atoms with van der Waals surface area (Å²) in [5, 5.41) is 4.31. The average Bonchev–Trinajstić information content (AvgIpc) is 2.87. The molecule has 0 unspecified atom stereocenters. The molecule has 2 N–H and O–H groups in total. The van der Waals surface area contributed by atoms with Crippen LogP contribution in [0.3, 0.4) is 0 Å². The molecular weight excluding hydrogens is 245 g/mol. The van der Waals surface area contributed by atoms with E-state index in [1.165, 1.54) is 6.07 Å². The number of anilines is 1. The van der Waals surface area contributed by atoms with Gasteiger partial charge < -0.3 is 10.3 Å². The molecule has 0 atom stereocenters. The van der Waals surface area contributed by atoms with E-state index in [2.05, 4.69) is 10.1 Å². The van der Waals surface area contributed by atoms with Crippen molar-refractivity contribution < 1.29 is 4.39 Å². The van der Waals surface area contributed by atoms with E-state index < -0.39 is 0 Å². The molecule has 0 saturated carbocycles. The highest BCUT2D eigenvalue weighted by Gasteiger charge is 2.12. The van der Waals surface area contributed by atoms with E-state index in [1.807, 2.05) is 23.9 Å². The van der Waals surface area contributed by atoms with Crippen molar-refractivity contribution in [1.82, 2.24) is 19.3 Å². The molecule has 19 heavy (non-hydrogen) atoms. The summed E-state index contributed by atoms with van der Waals surface area (Å²) in [7, 11) is 1.86. The number of fused-ring (bicyclic) bond motifs is 1. The summed E-state index contributed by atoms with van der Waals surface area (Å²) in [6.45, 7) is 2.25. The zero-order valence-corrected chi connectivity index (χ0v) is 10.8. The van der Waals surface area contributed by atoms with Crippen LogP contribution in [0.1, 0.15) is 11.3 Å². The van der Waals surface area contributed by atoms with Crippen LogP contribution in [0.2, 0.25) is 0 Å². The molecule has 5 nitrogen and oxygen atoms in total. The molecule has 0 bridgehead atoms. The van der Waals surface area contributed by atoms with E-state index in [-0.39, 0.29) is 5.82 Å². The lowest BCUT2D eigenvalue weighted by Gasteiger charge is -2.04. The first kappa shape index (κ1) is 11.7. The number of halogens is 1. The predicted octanol–water partition coefficient (Wildman–Crippen LogP) is 1.85. The first-order valence-corrected chi connectivity index (χ1v) is 5.95.